The van der Waals surface area contributed by atoms with Crippen molar-refractivity contribution >= 4 is 5.91 Å². The molecule has 2 aromatic rings. The molecule has 1 aromatic heterocycles. The number of carbonyl (C=O) groups excluding carboxylic acids is 1. The molecule has 0 aliphatic heterocycles. The van der Waals surface area contributed by atoms with E-state index < -0.39 is 0 Å². The molecule has 0 spiro atoms. The molecule has 20 heavy (non-hydrogen) atoms. The molecule has 0 aliphatic carbocycles. The molecule has 5 nitrogen and oxygen atoms in total. The Hall–Kier alpha value is -2.56. The van der Waals surface area contributed by atoms with Crippen LogP contribution in [0.1, 0.15) is 12.0 Å². The maximum Gasteiger partial charge on any atom is 0.250 e. The summed E-state index contributed by atoms with van der Waals surface area (Å²) in [6, 6.07) is 11.5. The number of aryl methyl sites for hydroxylation is 1. The van der Waals surface area contributed by atoms with Crippen molar-refractivity contribution in [2.75, 3.05) is 0 Å². The van der Waals surface area contributed by atoms with Gasteiger partial charge in [-0.1, -0.05) is 18.2 Å². The zero-order valence-electron chi connectivity index (χ0n) is 11.0. The van der Waals surface area contributed by atoms with Crippen LogP contribution in [-0.2, 0) is 17.9 Å². The van der Waals surface area contributed by atoms with Gasteiger partial charge in [0.25, 0.3) is 5.56 Å². The summed E-state index contributed by atoms with van der Waals surface area (Å²) in [5.41, 5.74) is 0.798. The number of hydrogen-bond acceptors (Lipinski definition) is 3. The average molecular weight is 272 g/mol. The van der Waals surface area contributed by atoms with E-state index in [1.807, 2.05) is 0 Å². The van der Waals surface area contributed by atoms with Crippen molar-refractivity contribution in [1.82, 2.24) is 9.88 Å². The molecule has 0 fully saturated rings. The van der Waals surface area contributed by atoms with Crippen molar-refractivity contribution in [3.8, 4) is 5.75 Å². The molecular formula is C15H16N2O3. The summed E-state index contributed by atoms with van der Waals surface area (Å²) in [6.45, 7) is 0.768. The zero-order chi connectivity index (χ0) is 14.4. The third-order valence-electron chi connectivity index (χ3n) is 2.90. The van der Waals surface area contributed by atoms with Crippen LogP contribution in [0.2, 0.25) is 0 Å². The Morgan fingerprint density at radius 3 is 2.60 bits per heavy atom. The number of phenols is 1. The summed E-state index contributed by atoms with van der Waals surface area (Å²) in [5.74, 6) is 0.0809. The number of pyridine rings is 1. The van der Waals surface area contributed by atoms with Crippen LogP contribution in [0.4, 0.5) is 0 Å². The molecule has 0 saturated heterocycles. The Labute approximate surface area is 116 Å². The van der Waals surface area contributed by atoms with Gasteiger partial charge in [-0.25, -0.2) is 0 Å². The van der Waals surface area contributed by atoms with Gasteiger partial charge in [0.1, 0.15) is 5.75 Å². The van der Waals surface area contributed by atoms with E-state index in [2.05, 4.69) is 5.32 Å². The first-order chi connectivity index (χ1) is 9.65. The summed E-state index contributed by atoms with van der Waals surface area (Å²) < 4.78 is 1.50. The molecule has 1 heterocycles. The molecule has 1 amide bonds. The highest BCUT2D eigenvalue weighted by atomic mass is 16.3. The number of carbonyl (C=O) groups is 1. The van der Waals surface area contributed by atoms with E-state index in [1.54, 1.807) is 42.6 Å². The lowest BCUT2D eigenvalue weighted by molar-refractivity contribution is -0.121. The second-order valence-electron chi connectivity index (χ2n) is 4.43. The van der Waals surface area contributed by atoms with E-state index in [9.17, 15) is 9.59 Å². The van der Waals surface area contributed by atoms with Crippen LogP contribution in [0.5, 0.6) is 5.75 Å². The van der Waals surface area contributed by atoms with Gasteiger partial charge in [0.15, 0.2) is 0 Å². The van der Waals surface area contributed by atoms with Gasteiger partial charge in [0.05, 0.1) is 0 Å². The number of benzene rings is 1. The third-order valence-corrected chi connectivity index (χ3v) is 2.90. The number of amides is 1. The lowest BCUT2D eigenvalue weighted by Gasteiger charge is -2.07. The molecule has 0 atom stereocenters. The molecule has 0 aliphatic rings. The number of aromatic hydroxyl groups is 1. The zero-order valence-corrected chi connectivity index (χ0v) is 11.0. The fourth-order valence-corrected chi connectivity index (χ4v) is 1.77. The summed E-state index contributed by atoms with van der Waals surface area (Å²) in [6.07, 6.45) is 1.91. The van der Waals surface area contributed by atoms with Gasteiger partial charge in [-0.05, 0) is 23.8 Å². The van der Waals surface area contributed by atoms with Crippen LogP contribution in [0.25, 0.3) is 0 Å². The van der Waals surface area contributed by atoms with Crippen molar-refractivity contribution < 1.29 is 9.90 Å². The maximum atomic E-state index is 11.7. The highest BCUT2D eigenvalue weighted by molar-refractivity contribution is 5.75. The molecule has 5 heteroatoms. The van der Waals surface area contributed by atoms with Gasteiger partial charge in [0, 0.05) is 31.8 Å². The van der Waals surface area contributed by atoms with Crippen molar-refractivity contribution in [3.63, 3.8) is 0 Å². The first kappa shape index (κ1) is 13.9. The van der Waals surface area contributed by atoms with Crippen molar-refractivity contribution in [2.45, 2.75) is 19.5 Å². The number of nitrogens with one attached hydrogen (secondary N) is 1. The average Bonchev–Trinajstić information content (AvgIpc) is 2.46. The van der Waals surface area contributed by atoms with Crippen LogP contribution in [0, 0.1) is 0 Å². The monoisotopic (exact) mass is 272 g/mol. The van der Waals surface area contributed by atoms with E-state index in [4.69, 9.17) is 5.11 Å². The fourth-order valence-electron chi connectivity index (χ4n) is 1.77. The number of aromatic nitrogens is 1. The Kier molecular flexibility index (Phi) is 4.55. The van der Waals surface area contributed by atoms with Crippen LogP contribution in [0.15, 0.2) is 53.5 Å². The van der Waals surface area contributed by atoms with Crippen LogP contribution < -0.4 is 10.9 Å². The van der Waals surface area contributed by atoms with Gasteiger partial charge in [-0.15, -0.1) is 0 Å². The standard InChI is InChI=1S/C15H16N2O3/c18-13-6-4-12(5-7-13)11-16-14(19)8-10-17-9-2-1-3-15(17)20/h1-7,9,18H,8,10-11H2,(H,16,19). The van der Waals surface area contributed by atoms with E-state index >= 15 is 0 Å². The van der Waals surface area contributed by atoms with Crippen molar-refractivity contribution in [2.24, 2.45) is 0 Å². The van der Waals surface area contributed by atoms with Crippen LogP contribution in [0.3, 0.4) is 0 Å². The van der Waals surface area contributed by atoms with Crippen LogP contribution in [-0.4, -0.2) is 15.6 Å². The summed E-state index contributed by atoms with van der Waals surface area (Å²) >= 11 is 0. The van der Waals surface area contributed by atoms with Crippen LogP contribution >= 0.6 is 0 Å². The molecule has 104 valence electrons. The van der Waals surface area contributed by atoms with E-state index in [-0.39, 0.29) is 23.6 Å². The molecule has 0 unspecified atom stereocenters. The lowest BCUT2D eigenvalue weighted by atomic mass is 10.2. The molecule has 0 radical (unpaired) electrons. The Balaban J connectivity index is 1.80. The minimum atomic E-state index is -0.117. The predicted molar refractivity (Wildman–Crippen MR) is 75.3 cm³/mol. The summed E-state index contributed by atoms with van der Waals surface area (Å²) in [5, 5.41) is 11.9. The van der Waals surface area contributed by atoms with Gasteiger partial charge in [-0.3, -0.25) is 9.59 Å². The van der Waals surface area contributed by atoms with Gasteiger partial charge in [-0.2, -0.15) is 0 Å². The third kappa shape index (κ3) is 3.98. The minimum absolute atomic E-state index is 0.112. The van der Waals surface area contributed by atoms with Crippen molar-refractivity contribution in [3.05, 3.63) is 64.6 Å². The molecule has 0 saturated carbocycles. The maximum absolute atomic E-state index is 11.7. The number of nitrogens with zero attached hydrogens (tertiary/aromatic N) is 1. The fraction of sp³-hybridized carbons (Fsp3) is 0.200. The minimum Gasteiger partial charge on any atom is -0.508 e. The second kappa shape index (κ2) is 6.56. The molecule has 1 aromatic carbocycles. The van der Waals surface area contributed by atoms with E-state index in [1.165, 1.54) is 10.6 Å². The first-order valence-electron chi connectivity index (χ1n) is 6.35. The number of phenolic OH excluding ortho intramolecular Hbond substituents is 1. The molecule has 0 bridgehead atoms. The van der Waals surface area contributed by atoms with Gasteiger partial charge in [0.2, 0.25) is 5.91 Å². The highest BCUT2D eigenvalue weighted by Gasteiger charge is 2.03. The van der Waals surface area contributed by atoms with E-state index in [0.717, 1.165) is 5.56 Å². The summed E-state index contributed by atoms with van der Waals surface area (Å²) in [7, 11) is 0. The van der Waals surface area contributed by atoms with Crippen molar-refractivity contribution in [1.29, 1.82) is 0 Å². The predicted octanol–water partition coefficient (Wildman–Crippen LogP) is 1.26. The molecule has 2 rings (SSSR count). The lowest BCUT2D eigenvalue weighted by Crippen LogP contribution is -2.26. The highest BCUT2D eigenvalue weighted by Crippen LogP contribution is 2.09. The normalized spacial score (nSPS) is 10.2. The Bertz CT molecular complexity index is 632. The smallest absolute Gasteiger partial charge is 0.250 e. The van der Waals surface area contributed by atoms with Gasteiger partial charge < -0.3 is 15.0 Å². The Morgan fingerprint density at radius 2 is 1.90 bits per heavy atom. The topological polar surface area (TPSA) is 71.3 Å². The number of hydrogen-bond donors (Lipinski definition) is 2. The number of rotatable bonds is 5. The largest absolute Gasteiger partial charge is 0.508 e. The Morgan fingerprint density at radius 1 is 1.15 bits per heavy atom. The first-order valence-corrected chi connectivity index (χ1v) is 6.35. The SMILES string of the molecule is O=C(CCn1ccccc1=O)NCc1ccc(O)cc1. The summed E-state index contributed by atoms with van der Waals surface area (Å²) in [4.78, 5) is 23.1. The van der Waals surface area contributed by atoms with Gasteiger partial charge >= 0.3 is 0 Å². The molecular weight excluding hydrogens is 256 g/mol. The van der Waals surface area contributed by atoms with E-state index in [0.29, 0.717) is 13.1 Å². The second-order valence-corrected chi connectivity index (χ2v) is 4.43. The molecule has 2 N–H and O–H groups in total. The quantitative estimate of drug-likeness (QED) is 0.860.